The number of hydrogen-bond acceptors (Lipinski definition) is 4. The molecule has 0 atom stereocenters. The molecule has 1 aromatic carbocycles. The van der Waals surface area contributed by atoms with Gasteiger partial charge < -0.3 is 5.32 Å². The minimum atomic E-state index is -4.56. The van der Waals surface area contributed by atoms with Crippen molar-refractivity contribution in [3.8, 4) is 6.07 Å². The topological polar surface area (TPSA) is 61.6 Å². The quantitative estimate of drug-likeness (QED) is 0.937. The largest absolute Gasteiger partial charge is 0.417 e. The van der Waals surface area contributed by atoms with Gasteiger partial charge in [0.25, 0.3) is 0 Å². The van der Waals surface area contributed by atoms with Crippen LogP contribution in [-0.4, -0.2) is 9.97 Å². The molecule has 0 unspecified atom stereocenters. The molecule has 102 valence electrons. The summed E-state index contributed by atoms with van der Waals surface area (Å²) in [5.41, 5.74) is -1.11. The Morgan fingerprint density at radius 3 is 2.50 bits per heavy atom. The Bertz CT molecular complexity index is 632. The Labute approximate surface area is 112 Å². The van der Waals surface area contributed by atoms with E-state index in [1.165, 1.54) is 12.1 Å². The second-order valence-electron chi connectivity index (χ2n) is 3.89. The van der Waals surface area contributed by atoms with Gasteiger partial charge in [0, 0.05) is 18.1 Å². The molecule has 0 aliphatic rings. The molecule has 2 aromatic rings. The van der Waals surface area contributed by atoms with Gasteiger partial charge in [-0.2, -0.15) is 18.4 Å². The summed E-state index contributed by atoms with van der Waals surface area (Å²) < 4.78 is 38.3. The number of halogens is 3. The first kappa shape index (κ1) is 13.8. The minimum absolute atomic E-state index is 0.198. The molecule has 0 aliphatic carbocycles. The number of alkyl halides is 3. The van der Waals surface area contributed by atoms with Gasteiger partial charge in [0.05, 0.1) is 23.7 Å². The van der Waals surface area contributed by atoms with Gasteiger partial charge in [-0.25, -0.2) is 9.97 Å². The maximum Gasteiger partial charge on any atom is 0.417 e. The molecule has 0 amide bonds. The molecule has 2 rings (SSSR count). The molecule has 0 radical (unpaired) electrons. The monoisotopic (exact) mass is 278 g/mol. The number of benzene rings is 1. The zero-order valence-electron chi connectivity index (χ0n) is 10.1. The lowest BCUT2D eigenvalue weighted by Gasteiger charge is -2.11. The molecular formula is C13H9F3N4. The zero-order chi connectivity index (χ0) is 14.6. The van der Waals surface area contributed by atoms with Crippen molar-refractivity contribution in [2.24, 2.45) is 0 Å². The molecule has 0 spiro atoms. The van der Waals surface area contributed by atoms with Gasteiger partial charge in [0.15, 0.2) is 0 Å². The lowest BCUT2D eigenvalue weighted by atomic mass is 10.1. The zero-order valence-corrected chi connectivity index (χ0v) is 10.1. The van der Waals surface area contributed by atoms with E-state index in [4.69, 9.17) is 5.26 Å². The predicted molar refractivity (Wildman–Crippen MR) is 65.5 cm³/mol. The van der Waals surface area contributed by atoms with E-state index in [1.54, 1.807) is 18.5 Å². The average molecular weight is 278 g/mol. The number of rotatable bonds is 3. The molecule has 0 saturated carbocycles. The van der Waals surface area contributed by atoms with E-state index in [9.17, 15) is 13.2 Å². The Morgan fingerprint density at radius 2 is 1.90 bits per heavy atom. The van der Waals surface area contributed by atoms with Crippen molar-refractivity contribution >= 4 is 5.69 Å². The Kier molecular flexibility index (Phi) is 3.84. The van der Waals surface area contributed by atoms with E-state index in [2.05, 4.69) is 15.3 Å². The summed E-state index contributed by atoms with van der Waals surface area (Å²) in [5.74, 6) is 0.463. The maximum absolute atomic E-state index is 12.8. The van der Waals surface area contributed by atoms with Crippen LogP contribution in [0.15, 0.2) is 36.7 Å². The van der Waals surface area contributed by atoms with Crippen LogP contribution in [0.3, 0.4) is 0 Å². The van der Waals surface area contributed by atoms with Gasteiger partial charge in [-0.15, -0.1) is 0 Å². The molecule has 0 fully saturated rings. The summed E-state index contributed by atoms with van der Waals surface area (Å²) in [6.45, 7) is 0.198. The second kappa shape index (κ2) is 5.57. The van der Waals surface area contributed by atoms with Gasteiger partial charge in [-0.05, 0) is 24.3 Å². The van der Waals surface area contributed by atoms with E-state index >= 15 is 0 Å². The van der Waals surface area contributed by atoms with E-state index in [1.807, 2.05) is 0 Å². The molecule has 20 heavy (non-hydrogen) atoms. The van der Waals surface area contributed by atoms with Crippen LogP contribution in [0.2, 0.25) is 0 Å². The van der Waals surface area contributed by atoms with Crippen LogP contribution in [0.4, 0.5) is 18.9 Å². The number of hydrogen-bond donors (Lipinski definition) is 1. The van der Waals surface area contributed by atoms with Gasteiger partial charge in [0.1, 0.15) is 5.82 Å². The molecule has 1 aromatic heterocycles. The van der Waals surface area contributed by atoms with Crippen molar-refractivity contribution in [1.82, 2.24) is 9.97 Å². The summed E-state index contributed by atoms with van der Waals surface area (Å²) in [4.78, 5) is 7.90. The normalized spacial score (nSPS) is 10.9. The van der Waals surface area contributed by atoms with E-state index < -0.39 is 17.3 Å². The summed E-state index contributed by atoms with van der Waals surface area (Å²) in [5, 5.41) is 11.5. The third-order valence-corrected chi connectivity index (χ3v) is 2.52. The first-order valence-corrected chi connectivity index (χ1v) is 5.62. The standard InChI is InChI=1S/C13H9F3N4/c14-13(15,16)11-6-10(3-2-9(11)7-17)20-8-12-18-4-1-5-19-12/h1-6,20H,8H2. The second-order valence-corrected chi connectivity index (χ2v) is 3.89. The first-order valence-electron chi connectivity index (χ1n) is 5.62. The van der Waals surface area contributed by atoms with Gasteiger partial charge in [-0.3, -0.25) is 0 Å². The molecule has 0 bridgehead atoms. The first-order chi connectivity index (χ1) is 9.50. The molecule has 0 saturated heterocycles. The van der Waals surface area contributed by atoms with Gasteiger partial charge in [0.2, 0.25) is 0 Å². The molecule has 4 nitrogen and oxygen atoms in total. The Morgan fingerprint density at radius 1 is 1.20 bits per heavy atom. The van der Waals surface area contributed by atoms with Crippen LogP contribution >= 0.6 is 0 Å². The minimum Gasteiger partial charge on any atom is -0.378 e. The highest BCUT2D eigenvalue weighted by atomic mass is 19.4. The van der Waals surface area contributed by atoms with Crippen molar-refractivity contribution in [2.45, 2.75) is 12.7 Å². The fourth-order valence-corrected chi connectivity index (χ4v) is 1.59. The lowest BCUT2D eigenvalue weighted by molar-refractivity contribution is -0.137. The predicted octanol–water partition coefficient (Wildman–Crippen LogP) is 2.98. The maximum atomic E-state index is 12.8. The van der Waals surface area contributed by atoms with Crippen LogP contribution in [0, 0.1) is 11.3 Å². The van der Waals surface area contributed by atoms with Crippen LogP contribution < -0.4 is 5.32 Å². The number of nitrogens with zero attached hydrogens (tertiary/aromatic N) is 3. The highest BCUT2D eigenvalue weighted by molar-refractivity contribution is 5.53. The summed E-state index contributed by atoms with van der Waals surface area (Å²) in [6.07, 6.45) is -1.47. The third-order valence-electron chi connectivity index (χ3n) is 2.52. The van der Waals surface area contributed by atoms with Crippen molar-refractivity contribution < 1.29 is 13.2 Å². The number of nitriles is 1. The molecular weight excluding hydrogens is 269 g/mol. The molecule has 1 heterocycles. The van der Waals surface area contributed by atoms with Crippen LogP contribution in [-0.2, 0) is 12.7 Å². The number of anilines is 1. The van der Waals surface area contributed by atoms with E-state index in [0.29, 0.717) is 5.82 Å². The van der Waals surface area contributed by atoms with E-state index in [0.717, 1.165) is 12.1 Å². The van der Waals surface area contributed by atoms with Crippen molar-refractivity contribution in [3.63, 3.8) is 0 Å². The molecule has 1 N–H and O–H groups in total. The summed E-state index contributed by atoms with van der Waals surface area (Å²) >= 11 is 0. The van der Waals surface area contributed by atoms with Gasteiger partial charge >= 0.3 is 6.18 Å². The van der Waals surface area contributed by atoms with Crippen molar-refractivity contribution in [1.29, 1.82) is 5.26 Å². The molecule has 7 heteroatoms. The number of nitrogens with one attached hydrogen (secondary N) is 1. The lowest BCUT2D eigenvalue weighted by Crippen LogP contribution is -2.10. The van der Waals surface area contributed by atoms with Crippen LogP contribution in [0.5, 0.6) is 0 Å². The smallest absolute Gasteiger partial charge is 0.378 e. The highest BCUT2D eigenvalue weighted by Crippen LogP contribution is 2.33. The van der Waals surface area contributed by atoms with Crippen molar-refractivity contribution in [2.75, 3.05) is 5.32 Å². The fraction of sp³-hybridized carbons (Fsp3) is 0.154. The van der Waals surface area contributed by atoms with Crippen LogP contribution in [0.1, 0.15) is 17.0 Å². The summed E-state index contributed by atoms with van der Waals surface area (Å²) in [6, 6.07) is 6.63. The highest BCUT2D eigenvalue weighted by Gasteiger charge is 2.33. The Balaban J connectivity index is 2.20. The molecule has 0 aliphatic heterocycles. The SMILES string of the molecule is N#Cc1ccc(NCc2ncccn2)cc1C(F)(F)F. The van der Waals surface area contributed by atoms with Crippen LogP contribution in [0.25, 0.3) is 0 Å². The summed E-state index contributed by atoms with van der Waals surface area (Å²) in [7, 11) is 0. The van der Waals surface area contributed by atoms with Crippen molar-refractivity contribution in [3.05, 3.63) is 53.6 Å². The Hall–Kier alpha value is -2.62. The fourth-order valence-electron chi connectivity index (χ4n) is 1.59. The van der Waals surface area contributed by atoms with Gasteiger partial charge in [-0.1, -0.05) is 0 Å². The average Bonchev–Trinajstić information content (AvgIpc) is 2.45. The third kappa shape index (κ3) is 3.23. The van der Waals surface area contributed by atoms with E-state index in [-0.39, 0.29) is 12.2 Å². The number of aromatic nitrogens is 2.